The van der Waals surface area contributed by atoms with Crippen molar-refractivity contribution in [2.75, 3.05) is 28.4 Å². The van der Waals surface area contributed by atoms with Crippen LogP contribution < -0.4 is 18.9 Å². The Morgan fingerprint density at radius 3 is 1.74 bits per heavy atom. The standard InChI is InChI=1S/C26H32BrN3O7S/c1-17(26(2,31)25-28-13-20(27)14-29-25)38(32,33)30(15-18-7-9-21(34-3)11-23(18)36-5)16-19-8-10-22(35-4)12-24(19)37-6/h7-14,17,31H,15-16H2,1-6H3/t17-,26-/m0/s1. The zero-order valence-electron chi connectivity index (χ0n) is 22.1. The Labute approximate surface area is 231 Å². The number of hydrogen-bond acceptors (Lipinski definition) is 9. The number of ether oxygens (including phenoxy) is 4. The molecule has 0 unspecified atom stereocenters. The highest BCUT2D eigenvalue weighted by atomic mass is 79.9. The summed E-state index contributed by atoms with van der Waals surface area (Å²) in [5, 5.41) is 10.1. The Morgan fingerprint density at radius 1 is 0.895 bits per heavy atom. The maximum absolute atomic E-state index is 14.1. The zero-order chi connectivity index (χ0) is 28.1. The minimum absolute atomic E-state index is 0.0132. The van der Waals surface area contributed by atoms with E-state index in [0.717, 1.165) is 0 Å². The number of rotatable bonds is 12. The van der Waals surface area contributed by atoms with Crippen molar-refractivity contribution in [2.45, 2.75) is 37.8 Å². The van der Waals surface area contributed by atoms with Crippen molar-refractivity contribution >= 4 is 26.0 Å². The highest BCUT2D eigenvalue weighted by Gasteiger charge is 2.44. The van der Waals surface area contributed by atoms with Gasteiger partial charge in [-0.2, -0.15) is 4.31 Å². The summed E-state index contributed by atoms with van der Waals surface area (Å²) >= 11 is 3.26. The van der Waals surface area contributed by atoms with Crippen LogP contribution in [0.5, 0.6) is 23.0 Å². The molecule has 0 aliphatic rings. The molecule has 0 fully saturated rings. The molecule has 3 rings (SSSR count). The Bertz CT molecular complexity index is 1290. The third kappa shape index (κ3) is 6.37. The molecule has 2 atom stereocenters. The lowest BCUT2D eigenvalue weighted by Gasteiger charge is -2.33. The number of aromatic nitrogens is 2. The van der Waals surface area contributed by atoms with E-state index in [-0.39, 0.29) is 18.9 Å². The molecule has 1 N–H and O–H groups in total. The topological polar surface area (TPSA) is 120 Å². The molecule has 0 spiro atoms. The predicted octanol–water partition coefficient (Wildman–Crippen LogP) is 3.90. The average molecular weight is 611 g/mol. The molecule has 0 radical (unpaired) electrons. The molecule has 1 aromatic heterocycles. The first-order valence-electron chi connectivity index (χ1n) is 11.6. The first-order valence-corrected chi connectivity index (χ1v) is 13.9. The molecule has 0 saturated heterocycles. The van der Waals surface area contributed by atoms with E-state index in [1.165, 1.54) is 59.0 Å². The van der Waals surface area contributed by atoms with Gasteiger partial charge in [-0.05, 0) is 41.9 Å². The van der Waals surface area contributed by atoms with Crippen LogP contribution in [0, 0.1) is 0 Å². The summed E-state index contributed by atoms with van der Waals surface area (Å²) in [6.45, 7) is 2.72. The van der Waals surface area contributed by atoms with Crippen LogP contribution in [0.25, 0.3) is 0 Å². The Kier molecular flexibility index (Phi) is 9.58. The lowest BCUT2D eigenvalue weighted by Crippen LogP contribution is -2.47. The van der Waals surface area contributed by atoms with Gasteiger partial charge in [0.05, 0.1) is 32.9 Å². The monoisotopic (exact) mass is 609 g/mol. The molecule has 3 aromatic rings. The van der Waals surface area contributed by atoms with Crippen molar-refractivity contribution < 1.29 is 32.5 Å². The van der Waals surface area contributed by atoms with E-state index in [1.807, 2.05) is 0 Å². The normalized spacial score (nSPS) is 14.0. The van der Waals surface area contributed by atoms with Crippen LogP contribution >= 0.6 is 15.9 Å². The SMILES string of the molecule is COc1ccc(CN(Cc2ccc(OC)cc2OC)S(=O)(=O)[C@@H](C)[C@](C)(O)c2ncc(Br)cn2)c(OC)c1. The van der Waals surface area contributed by atoms with Gasteiger partial charge in [0.1, 0.15) is 33.8 Å². The van der Waals surface area contributed by atoms with E-state index in [2.05, 4.69) is 25.9 Å². The van der Waals surface area contributed by atoms with Gasteiger partial charge in [0, 0.05) is 48.7 Å². The number of nitrogens with zero attached hydrogens (tertiary/aromatic N) is 3. The summed E-state index contributed by atoms with van der Waals surface area (Å²) in [6, 6.07) is 10.3. The second-order valence-corrected chi connectivity index (χ2v) is 11.9. The first kappa shape index (κ1) is 29.6. The summed E-state index contributed by atoms with van der Waals surface area (Å²) in [5.41, 5.74) is -0.682. The van der Waals surface area contributed by atoms with Gasteiger partial charge in [-0.3, -0.25) is 0 Å². The van der Waals surface area contributed by atoms with Crippen LogP contribution in [0.4, 0.5) is 0 Å². The third-order valence-corrected chi connectivity index (χ3v) is 9.09. The van der Waals surface area contributed by atoms with Gasteiger partial charge in [-0.25, -0.2) is 18.4 Å². The van der Waals surface area contributed by atoms with Gasteiger partial charge in [0.2, 0.25) is 10.0 Å². The van der Waals surface area contributed by atoms with E-state index in [9.17, 15) is 13.5 Å². The molecule has 0 bridgehead atoms. The van der Waals surface area contributed by atoms with Crippen molar-refractivity contribution in [2.24, 2.45) is 0 Å². The van der Waals surface area contributed by atoms with E-state index >= 15 is 0 Å². The maximum Gasteiger partial charge on any atom is 0.220 e. The minimum atomic E-state index is -4.18. The summed E-state index contributed by atoms with van der Waals surface area (Å²) in [5.74, 6) is 2.05. The van der Waals surface area contributed by atoms with Crippen LogP contribution in [-0.4, -0.2) is 61.5 Å². The van der Waals surface area contributed by atoms with Gasteiger partial charge in [-0.1, -0.05) is 12.1 Å². The average Bonchev–Trinajstić information content (AvgIpc) is 2.92. The predicted molar refractivity (Wildman–Crippen MR) is 146 cm³/mol. The van der Waals surface area contributed by atoms with E-state index < -0.39 is 20.9 Å². The molecule has 0 aliphatic carbocycles. The molecule has 10 nitrogen and oxygen atoms in total. The number of methoxy groups -OCH3 is 4. The lowest BCUT2D eigenvalue weighted by atomic mass is 10.0. The minimum Gasteiger partial charge on any atom is -0.497 e. The zero-order valence-corrected chi connectivity index (χ0v) is 24.5. The van der Waals surface area contributed by atoms with Gasteiger partial charge >= 0.3 is 0 Å². The van der Waals surface area contributed by atoms with Crippen LogP contribution in [0.3, 0.4) is 0 Å². The Balaban J connectivity index is 2.08. The molecule has 0 amide bonds. The van der Waals surface area contributed by atoms with Crippen molar-refractivity contribution in [3.63, 3.8) is 0 Å². The molecule has 12 heteroatoms. The molecule has 0 aliphatic heterocycles. The molecule has 206 valence electrons. The summed E-state index contributed by atoms with van der Waals surface area (Å²) in [4.78, 5) is 8.29. The van der Waals surface area contributed by atoms with E-state index in [4.69, 9.17) is 18.9 Å². The lowest BCUT2D eigenvalue weighted by molar-refractivity contribution is 0.0450. The maximum atomic E-state index is 14.1. The number of sulfonamides is 1. The number of aliphatic hydroxyl groups is 1. The first-order chi connectivity index (χ1) is 18.0. The van der Waals surface area contributed by atoms with Gasteiger partial charge < -0.3 is 24.1 Å². The fraction of sp³-hybridized carbons (Fsp3) is 0.385. The molecular formula is C26H32BrN3O7S. The van der Waals surface area contributed by atoms with Gasteiger partial charge in [0.25, 0.3) is 0 Å². The third-order valence-electron chi connectivity index (χ3n) is 6.35. The van der Waals surface area contributed by atoms with Crippen LogP contribution in [0.2, 0.25) is 0 Å². The van der Waals surface area contributed by atoms with Crippen molar-refractivity contribution in [3.05, 3.63) is 70.2 Å². The number of benzene rings is 2. The smallest absolute Gasteiger partial charge is 0.220 e. The van der Waals surface area contributed by atoms with Crippen molar-refractivity contribution in [1.82, 2.24) is 14.3 Å². The summed E-state index contributed by atoms with van der Waals surface area (Å²) < 4.78 is 51.8. The van der Waals surface area contributed by atoms with Crippen molar-refractivity contribution in [3.8, 4) is 23.0 Å². The molecule has 38 heavy (non-hydrogen) atoms. The number of hydrogen-bond donors (Lipinski definition) is 1. The highest BCUT2D eigenvalue weighted by Crippen LogP contribution is 2.34. The molecular weight excluding hydrogens is 578 g/mol. The van der Waals surface area contributed by atoms with Crippen LogP contribution in [-0.2, 0) is 28.7 Å². The fourth-order valence-electron chi connectivity index (χ4n) is 3.85. The van der Waals surface area contributed by atoms with Gasteiger partial charge in [-0.15, -0.1) is 0 Å². The van der Waals surface area contributed by atoms with Crippen molar-refractivity contribution in [1.29, 1.82) is 0 Å². The summed E-state index contributed by atoms with van der Waals surface area (Å²) in [6.07, 6.45) is 2.91. The fourth-order valence-corrected chi connectivity index (χ4v) is 5.83. The van der Waals surface area contributed by atoms with E-state index in [1.54, 1.807) is 36.4 Å². The summed E-state index contributed by atoms with van der Waals surface area (Å²) in [7, 11) is 1.90. The number of halogens is 1. The molecule has 2 aromatic carbocycles. The second kappa shape index (κ2) is 12.3. The van der Waals surface area contributed by atoms with Crippen LogP contribution in [0.1, 0.15) is 30.8 Å². The van der Waals surface area contributed by atoms with Gasteiger partial charge in [0.15, 0.2) is 5.82 Å². The molecule has 1 heterocycles. The van der Waals surface area contributed by atoms with E-state index in [0.29, 0.717) is 38.6 Å². The Hall–Kier alpha value is -2.93. The quantitative estimate of drug-likeness (QED) is 0.326. The highest BCUT2D eigenvalue weighted by molar-refractivity contribution is 9.10. The molecule has 0 saturated carbocycles. The second-order valence-electron chi connectivity index (χ2n) is 8.68. The Morgan fingerprint density at radius 2 is 1.34 bits per heavy atom. The van der Waals surface area contributed by atoms with Crippen LogP contribution in [0.15, 0.2) is 53.3 Å². The largest absolute Gasteiger partial charge is 0.497 e.